The number of carbonyl (C=O) groups excluding carboxylic acids is 1. The van der Waals surface area contributed by atoms with E-state index in [-0.39, 0.29) is 5.91 Å². The first-order valence-corrected chi connectivity index (χ1v) is 7.79. The molecule has 0 saturated heterocycles. The summed E-state index contributed by atoms with van der Waals surface area (Å²) < 4.78 is 0. The average molecular weight is 289 g/mol. The predicted octanol–water partition coefficient (Wildman–Crippen LogP) is 2.16. The number of aryl methyl sites for hydroxylation is 1. The van der Waals surface area contributed by atoms with Crippen LogP contribution in [0.4, 0.5) is 5.69 Å². The minimum Gasteiger partial charge on any atom is -0.362 e. The molecule has 0 unspecified atom stereocenters. The molecule has 0 atom stereocenters. The van der Waals surface area contributed by atoms with Crippen LogP contribution in [0.5, 0.6) is 0 Å². The monoisotopic (exact) mass is 289 g/mol. The molecule has 0 heterocycles. The molecule has 2 rings (SSSR count). The topological polar surface area (TPSA) is 35.6 Å². The molecule has 1 N–H and O–H groups in total. The van der Waals surface area contributed by atoms with Crippen molar-refractivity contribution >= 4 is 11.6 Å². The second kappa shape index (κ2) is 6.94. The van der Waals surface area contributed by atoms with E-state index < -0.39 is 0 Å². The molecule has 1 aliphatic carbocycles. The summed E-state index contributed by atoms with van der Waals surface area (Å²) in [5, 5.41) is 3.54. The molecular formula is C17H27N3O. The first-order valence-electron chi connectivity index (χ1n) is 7.79. The second-order valence-electron chi connectivity index (χ2n) is 6.08. The van der Waals surface area contributed by atoms with Gasteiger partial charge in [0.25, 0.3) is 0 Å². The number of likely N-dealkylation sites (N-methyl/N-ethyl adjacent to an activating group) is 2. The third-order valence-electron chi connectivity index (χ3n) is 3.98. The first kappa shape index (κ1) is 15.8. The number of hydrogen-bond acceptors (Lipinski definition) is 3. The second-order valence-corrected chi connectivity index (χ2v) is 6.08. The van der Waals surface area contributed by atoms with Gasteiger partial charge in [-0.3, -0.25) is 4.79 Å². The normalized spacial score (nSPS) is 14.1. The van der Waals surface area contributed by atoms with Gasteiger partial charge >= 0.3 is 0 Å². The van der Waals surface area contributed by atoms with Gasteiger partial charge in [0, 0.05) is 38.9 Å². The number of anilines is 1. The lowest BCUT2D eigenvalue weighted by molar-refractivity contribution is -0.127. The molecule has 4 heteroatoms. The van der Waals surface area contributed by atoms with Gasteiger partial charge in [0.05, 0.1) is 6.54 Å². The van der Waals surface area contributed by atoms with Crippen LogP contribution in [-0.2, 0) is 11.3 Å². The summed E-state index contributed by atoms with van der Waals surface area (Å²) in [6.07, 6.45) is 2.63. The van der Waals surface area contributed by atoms with Gasteiger partial charge in [-0.25, -0.2) is 0 Å². The van der Waals surface area contributed by atoms with E-state index in [1.165, 1.54) is 24.0 Å². The molecule has 0 aromatic heterocycles. The van der Waals surface area contributed by atoms with Crippen LogP contribution in [0.3, 0.4) is 0 Å². The summed E-state index contributed by atoms with van der Waals surface area (Å²) >= 11 is 0. The largest absolute Gasteiger partial charge is 0.362 e. The fourth-order valence-electron chi connectivity index (χ4n) is 2.40. The Balaban J connectivity index is 2.04. The van der Waals surface area contributed by atoms with Crippen LogP contribution in [0.2, 0.25) is 0 Å². The van der Waals surface area contributed by atoms with Crippen molar-refractivity contribution in [1.29, 1.82) is 0 Å². The smallest absolute Gasteiger partial charge is 0.241 e. The maximum atomic E-state index is 11.9. The van der Waals surface area contributed by atoms with Crippen molar-refractivity contribution in [2.45, 2.75) is 39.3 Å². The molecular weight excluding hydrogens is 262 g/mol. The minimum absolute atomic E-state index is 0.135. The van der Waals surface area contributed by atoms with E-state index >= 15 is 0 Å². The third-order valence-corrected chi connectivity index (χ3v) is 3.98. The van der Waals surface area contributed by atoms with Crippen LogP contribution in [-0.4, -0.2) is 44.0 Å². The van der Waals surface area contributed by atoms with E-state index in [1.54, 1.807) is 19.0 Å². The number of hydrogen-bond donors (Lipinski definition) is 1. The Hall–Kier alpha value is -1.55. The van der Waals surface area contributed by atoms with Crippen LogP contribution in [0.15, 0.2) is 18.2 Å². The van der Waals surface area contributed by atoms with Crippen LogP contribution in [0, 0.1) is 6.92 Å². The molecule has 4 nitrogen and oxygen atoms in total. The summed E-state index contributed by atoms with van der Waals surface area (Å²) in [5.74, 6) is 0.135. The molecule has 1 saturated carbocycles. The Morgan fingerprint density at radius 2 is 2.05 bits per heavy atom. The van der Waals surface area contributed by atoms with Crippen molar-refractivity contribution in [1.82, 2.24) is 10.2 Å². The zero-order valence-corrected chi connectivity index (χ0v) is 13.6. The van der Waals surface area contributed by atoms with Crippen molar-refractivity contribution in [2.75, 3.05) is 32.1 Å². The highest BCUT2D eigenvalue weighted by atomic mass is 16.2. The van der Waals surface area contributed by atoms with Crippen LogP contribution < -0.4 is 10.2 Å². The minimum atomic E-state index is 0.135. The van der Waals surface area contributed by atoms with E-state index in [0.717, 1.165) is 24.8 Å². The number of nitrogens with one attached hydrogen (secondary N) is 1. The SMILES string of the molecule is CCN(CC(=O)N(C)C)c1ccc(CNC2CC2)cc1C. The molecule has 1 amide bonds. The molecule has 21 heavy (non-hydrogen) atoms. The van der Waals surface area contributed by atoms with Crippen molar-refractivity contribution < 1.29 is 4.79 Å². The molecule has 1 aliphatic rings. The molecule has 0 aliphatic heterocycles. The molecule has 0 spiro atoms. The van der Waals surface area contributed by atoms with Gasteiger partial charge < -0.3 is 15.1 Å². The zero-order valence-electron chi connectivity index (χ0n) is 13.6. The summed E-state index contributed by atoms with van der Waals surface area (Å²) in [6.45, 7) is 6.42. The Kier molecular flexibility index (Phi) is 5.23. The summed E-state index contributed by atoms with van der Waals surface area (Å²) in [4.78, 5) is 15.7. The first-order chi connectivity index (χ1) is 10.0. The predicted molar refractivity (Wildman–Crippen MR) is 87.6 cm³/mol. The quantitative estimate of drug-likeness (QED) is 0.835. The number of carbonyl (C=O) groups is 1. The van der Waals surface area contributed by atoms with Crippen LogP contribution in [0.25, 0.3) is 0 Å². The van der Waals surface area contributed by atoms with Gasteiger partial charge in [-0.15, -0.1) is 0 Å². The van der Waals surface area contributed by atoms with Gasteiger partial charge in [0.15, 0.2) is 0 Å². The Morgan fingerprint density at radius 3 is 2.57 bits per heavy atom. The zero-order chi connectivity index (χ0) is 15.4. The standard InChI is InChI=1S/C17H27N3O/c1-5-20(12-17(21)19(3)4)16-9-6-14(10-13(16)2)11-18-15-7-8-15/h6,9-10,15,18H,5,7-8,11-12H2,1-4H3. The van der Waals surface area contributed by atoms with Crippen molar-refractivity contribution in [2.24, 2.45) is 0 Å². The molecule has 0 radical (unpaired) electrons. The third kappa shape index (κ3) is 4.46. The van der Waals surface area contributed by atoms with Crippen molar-refractivity contribution in [3.05, 3.63) is 29.3 Å². The highest BCUT2D eigenvalue weighted by Gasteiger charge is 2.20. The lowest BCUT2D eigenvalue weighted by Gasteiger charge is -2.26. The lowest BCUT2D eigenvalue weighted by Crippen LogP contribution is -2.36. The van der Waals surface area contributed by atoms with Gasteiger partial charge in [-0.1, -0.05) is 12.1 Å². The van der Waals surface area contributed by atoms with E-state index in [4.69, 9.17) is 0 Å². The fraction of sp³-hybridized carbons (Fsp3) is 0.588. The van der Waals surface area contributed by atoms with Crippen molar-refractivity contribution in [3.63, 3.8) is 0 Å². The van der Waals surface area contributed by atoms with Crippen molar-refractivity contribution in [3.8, 4) is 0 Å². The average Bonchev–Trinajstić information content (AvgIpc) is 3.27. The number of amides is 1. The summed E-state index contributed by atoms with van der Waals surface area (Å²) in [6, 6.07) is 7.27. The molecule has 1 fully saturated rings. The van der Waals surface area contributed by atoms with E-state index in [1.807, 2.05) is 0 Å². The van der Waals surface area contributed by atoms with Gasteiger partial charge in [-0.2, -0.15) is 0 Å². The van der Waals surface area contributed by atoms with Crippen LogP contribution >= 0.6 is 0 Å². The Labute approximate surface area is 128 Å². The van der Waals surface area contributed by atoms with E-state index in [0.29, 0.717) is 6.54 Å². The number of rotatable bonds is 7. The highest BCUT2D eigenvalue weighted by Crippen LogP contribution is 2.23. The number of nitrogens with zero attached hydrogens (tertiary/aromatic N) is 2. The van der Waals surface area contributed by atoms with Gasteiger partial charge in [-0.05, 0) is 43.9 Å². The molecule has 1 aromatic rings. The number of benzene rings is 1. The van der Waals surface area contributed by atoms with Gasteiger partial charge in [0.2, 0.25) is 5.91 Å². The maximum absolute atomic E-state index is 11.9. The van der Waals surface area contributed by atoms with E-state index in [2.05, 4.69) is 42.3 Å². The molecule has 0 bridgehead atoms. The lowest BCUT2D eigenvalue weighted by atomic mass is 10.1. The van der Waals surface area contributed by atoms with Crippen LogP contribution in [0.1, 0.15) is 30.9 Å². The Morgan fingerprint density at radius 1 is 1.33 bits per heavy atom. The fourth-order valence-corrected chi connectivity index (χ4v) is 2.40. The summed E-state index contributed by atoms with van der Waals surface area (Å²) in [5.41, 5.74) is 3.71. The van der Waals surface area contributed by atoms with E-state index in [9.17, 15) is 4.79 Å². The Bertz CT molecular complexity index is 495. The van der Waals surface area contributed by atoms with Gasteiger partial charge in [0.1, 0.15) is 0 Å². The molecule has 1 aromatic carbocycles. The highest BCUT2D eigenvalue weighted by molar-refractivity contribution is 5.81. The summed E-state index contributed by atoms with van der Waals surface area (Å²) in [7, 11) is 3.60. The molecule has 116 valence electrons. The maximum Gasteiger partial charge on any atom is 0.241 e.